The largest absolute Gasteiger partial charge is 0.356 e. The maximum absolute atomic E-state index is 3.59. The topological polar surface area (TPSA) is 12.0 Å². The molecule has 152 valence electrons. The molecular formula is C30H23NSi. The highest BCUT2D eigenvalue weighted by atomic mass is 28.3. The molecule has 1 heterocycles. The third-order valence-corrected chi connectivity index (χ3v) is 11.4. The van der Waals surface area contributed by atoms with Crippen LogP contribution in [0.5, 0.6) is 0 Å². The highest BCUT2D eigenvalue weighted by Crippen LogP contribution is 2.31. The van der Waals surface area contributed by atoms with Crippen molar-refractivity contribution in [2.24, 2.45) is 0 Å². The predicted octanol–water partition coefficient (Wildman–Crippen LogP) is 4.79. The molecule has 0 unspecified atom stereocenters. The molecule has 1 aliphatic heterocycles. The molecule has 0 spiro atoms. The zero-order valence-corrected chi connectivity index (χ0v) is 18.7. The van der Waals surface area contributed by atoms with Crippen molar-refractivity contribution in [1.82, 2.24) is 0 Å². The summed E-state index contributed by atoms with van der Waals surface area (Å²) >= 11 is 0. The zero-order valence-electron chi connectivity index (χ0n) is 17.7. The van der Waals surface area contributed by atoms with Gasteiger partial charge in [-0.1, -0.05) is 109 Å². The standard InChI is InChI=1S/C30H23NSi/c1-4-12-23(13-5-1)31-24-20-21-30-28(22-24)27-18-10-11-19-29(27)32(30,25-14-6-2-7-15-25)26-16-8-3-9-17-26/h1-22,31H. The highest BCUT2D eigenvalue weighted by molar-refractivity contribution is 7.22. The van der Waals surface area contributed by atoms with Gasteiger partial charge in [-0.05, 0) is 56.1 Å². The van der Waals surface area contributed by atoms with E-state index in [1.807, 2.05) is 6.07 Å². The van der Waals surface area contributed by atoms with Crippen LogP contribution in [0.3, 0.4) is 0 Å². The van der Waals surface area contributed by atoms with E-state index in [2.05, 4.69) is 133 Å². The van der Waals surface area contributed by atoms with E-state index in [-0.39, 0.29) is 0 Å². The molecule has 5 aromatic carbocycles. The first-order valence-electron chi connectivity index (χ1n) is 11.0. The molecule has 1 nitrogen and oxygen atoms in total. The predicted molar refractivity (Wildman–Crippen MR) is 139 cm³/mol. The zero-order chi connectivity index (χ0) is 21.4. The Balaban J connectivity index is 1.63. The van der Waals surface area contributed by atoms with Gasteiger partial charge >= 0.3 is 0 Å². The van der Waals surface area contributed by atoms with Crippen LogP contribution in [0.4, 0.5) is 11.4 Å². The van der Waals surface area contributed by atoms with E-state index in [0.717, 1.165) is 11.4 Å². The fraction of sp³-hybridized carbons (Fsp3) is 0. The van der Waals surface area contributed by atoms with Crippen LogP contribution in [0.1, 0.15) is 0 Å². The van der Waals surface area contributed by atoms with Crippen LogP contribution in [0, 0.1) is 0 Å². The monoisotopic (exact) mass is 425 g/mol. The molecule has 1 N–H and O–H groups in total. The lowest BCUT2D eigenvalue weighted by atomic mass is 10.1. The smallest absolute Gasteiger partial charge is 0.180 e. The van der Waals surface area contributed by atoms with Crippen LogP contribution in [0.15, 0.2) is 133 Å². The Bertz CT molecular complexity index is 1340. The van der Waals surface area contributed by atoms with Gasteiger partial charge in [0.25, 0.3) is 0 Å². The van der Waals surface area contributed by atoms with Gasteiger partial charge in [0, 0.05) is 11.4 Å². The first-order chi connectivity index (χ1) is 15.9. The molecule has 0 aromatic heterocycles. The minimum absolute atomic E-state index is 1.10. The molecule has 0 radical (unpaired) electrons. The Morgan fingerprint density at radius 1 is 0.406 bits per heavy atom. The Kier molecular flexibility index (Phi) is 4.52. The average Bonchev–Trinajstić information content (AvgIpc) is 3.16. The Labute approximate surface area is 190 Å². The molecule has 0 fully saturated rings. The molecule has 6 rings (SSSR count). The molecule has 1 aliphatic rings. The van der Waals surface area contributed by atoms with Crippen LogP contribution in [0.25, 0.3) is 11.1 Å². The van der Waals surface area contributed by atoms with Gasteiger partial charge < -0.3 is 5.32 Å². The fourth-order valence-electron chi connectivity index (χ4n) is 5.22. The minimum atomic E-state index is -2.37. The third-order valence-electron chi connectivity index (χ3n) is 6.52. The minimum Gasteiger partial charge on any atom is -0.356 e. The highest BCUT2D eigenvalue weighted by Gasteiger charge is 2.48. The SMILES string of the molecule is c1ccc(Nc2ccc3c(c2)-c2ccccc2[Si]3(c2ccccc2)c2ccccc2)cc1. The van der Waals surface area contributed by atoms with Gasteiger partial charge in [0.1, 0.15) is 0 Å². The second-order valence-electron chi connectivity index (χ2n) is 8.28. The average molecular weight is 426 g/mol. The quantitative estimate of drug-likeness (QED) is 0.401. The van der Waals surface area contributed by atoms with E-state index >= 15 is 0 Å². The van der Waals surface area contributed by atoms with Crippen molar-refractivity contribution in [3.63, 3.8) is 0 Å². The lowest BCUT2D eigenvalue weighted by Gasteiger charge is -2.31. The van der Waals surface area contributed by atoms with E-state index in [4.69, 9.17) is 0 Å². The van der Waals surface area contributed by atoms with E-state index in [9.17, 15) is 0 Å². The second kappa shape index (κ2) is 7.67. The molecular weight excluding hydrogens is 402 g/mol. The molecule has 0 saturated heterocycles. The number of rotatable bonds is 4. The fourth-order valence-corrected chi connectivity index (χ4v) is 10.4. The maximum Gasteiger partial charge on any atom is 0.180 e. The number of hydrogen-bond acceptors (Lipinski definition) is 1. The first-order valence-corrected chi connectivity index (χ1v) is 13.0. The van der Waals surface area contributed by atoms with Gasteiger partial charge in [-0.2, -0.15) is 0 Å². The summed E-state index contributed by atoms with van der Waals surface area (Å²) in [5, 5.41) is 9.39. The van der Waals surface area contributed by atoms with Crippen molar-refractivity contribution in [2.45, 2.75) is 0 Å². The normalized spacial score (nSPS) is 13.2. The number of fused-ring (bicyclic) bond motifs is 3. The van der Waals surface area contributed by atoms with Crippen LogP contribution in [-0.2, 0) is 0 Å². The summed E-state index contributed by atoms with van der Waals surface area (Å²) in [5.74, 6) is 0. The number of para-hydroxylation sites is 1. The Morgan fingerprint density at radius 2 is 0.938 bits per heavy atom. The lowest BCUT2D eigenvalue weighted by Crippen LogP contribution is -2.72. The summed E-state index contributed by atoms with van der Waals surface area (Å²) in [6.07, 6.45) is 0. The van der Waals surface area contributed by atoms with Gasteiger partial charge in [0.15, 0.2) is 8.07 Å². The lowest BCUT2D eigenvalue weighted by molar-refractivity contribution is 1.56. The van der Waals surface area contributed by atoms with Crippen molar-refractivity contribution in [2.75, 3.05) is 5.32 Å². The maximum atomic E-state index is 3.59. The number of benzene rings is 5. The molecule has 5 aromatic rings. The van der Waals surface area contributed by atoms with Gasteiger partial charge in [-0.15, -0.1) is 0 Å². The number of nitrogens with one attached hydrogen (secondary N) is 1. The van der Waals surface area contributed by atoms with E-state index in [0.29, 0.717) is 0 Å². The van der Waals surface area contributed by atoms with Gasteiger partial charge in [-0.3, -0.25) is 0 Å². The van der Waals surface area contributed by atoms with Crippen LogP contribution < -0.4 is 26.1 Å². The summed E-state index contributed by atoms with van der Waals surface area (Å²) in [6, 6.07) is 48.6. The Hall–Kier alpha value is -3.88. The van der Waals surface area contributed by atoms with Gasteiger partial charge in [0.2, 0.25) is 0 Å². The third kappa shape index (κ3) is 2.84. The van der Waals surface area contributed by atoms with Crippen LogP contribution in [0.2, 0.25) is 0 Å². The van der Waals surface area contributed by atoms with E-state index < -0.39 is 8.07 Å². The summed E-state index contributed by atoms with van der Waals surface area (Å²) in [6.45, 7) is 0. The van der Waals surface area contributed by atoms with Gasteiger partial charge in [-0.25, -0.2) is 0 Å². The van der Waals surface area contributed by atoms with Crippen molar-refractivity contribution in [3.8, 4) is 11.1 Å². The van der Waals surface area contributed by atoms with Crippen molar-refractivity contribution >= 4 is 40.2 Å². The van der Waals surface area contributed by atoms with Crippen molar-refractivity contribution < 1.29 is 0 Å². The van der Waals surface area contributed by atoms with Crippen molar-refractivity contribution in [3.05, 3.63) is 133 Å². The molecule has 0 atom stereocenters. The second-order valence-corrected chi connectivity index (χ2v) is 12.0. The first kappa shape index (κ1) is 18.9. The van der Waals surface area contributed by atoms with Crippen LogP contribution in [-0.4, -0.2) is 8.07 Å². The van der Waals surface area contributed by atoms with Gasteiger partial charge in [0.05, 0.1) is 0 Å². The summed E-state index contributed by atoms with van der Waals surface area (Å²) in [7, 11) is -2.37. The molecule has 0 bridgehead atoms. The number of anilines is 2. The van der Waals surface area contributed by atoms with Crippen LogP contribution >= 0.6 is 0 Å². The summed E-state index contributed by atoms with van der Waals surface area (Å²) < 4.78 is 0. The molecule has 32 heavy (non-hydrogen) atoms. The molecule has 0 saturated carbocycles. The molecule has 2 heteroatoms. The number of hydrogen-bond donors (Lipinski definition) is 1. The molecule has 0 amide bonds. The van der Waals surface area contributed by atoms with E-state index in [1.54, 1.807) is 0 Å². The summed E-state index contributed by atoms with van der Waals surface area (Å²) in [4.78, 5) is 0. The van der Waals surface area contributed by atoms with Crippen molar-refractivity contribution in [1.29, 1.82) is 0 Å². The summed E-state index contributed by atoms with van der Waals surface area (Å²) in [5.41, 5.74) is 4.93. The Morgan fingerprint density at radius 3 is 1.59 bits per heavy atom. The molecule has 0 aliphatic carbocycles. The van der Waals surface area contributed by atoms with E-state index in [1.165, 1.54) is 31.9 Å².